The van der Waals surface area contributed by atoms with Gasteiger partial charge in [-0.2, -0.15) is 5.10 Å². The third-order valence-corrected chi connectivity index (χ3v) is 5.18. The van der Waals surface area contributed by atoms with Crippen molar-refractivity contribution in [2.75, 3.05) is 6.61 Å². The van der Waals surface area contributed by atoms with Crippen molar-refractivity contribution in [3.05, 3.63) is 98.1 Å². The molecule has 34 heavy (non-hydrogen) atoms. The van der Waals surface area contributed by atoms with Crippen LogP contribution in [0.2, 0.25) is 5.02 Å². The zero-order valence-corrected chi connectivity index (χ0v) is 19.0. The van der Waals surface area contributed by atoms with E-state index >= 15 is 0 Å². The van der Waals surface area contributed by atoms with Crippen LogP contribution in [0.3, 0.4) is 0 Å². The van der Waals surface area contributed by atoms with Crippen LogP contribution in [0.5, 0.6) is 11.5 Å². The van der Waals surface area contributed by atoms with E-state index in [0.29, 0.717) is 16.3 Å². The number of nitro groups is 1. The van der Waals surface area contributed by atoms with Crippen LogP contribution in [-0.4, -0.2) is 29.6 Å². The lowest BCUT2D eigenvalue weighted by Crippen LogP contribution is -2.24. The molecule has 0 bridgehead atoms. The summed E-state index contributed by atoms with van der Waals surface area (Å²) < 4.78 is 10.7. The van der Waals surface area contributed by atoms with Gasteiger partial charge < -0.3 is 9.47 Å². The second-order valence-electron chi connectivity index (χ2n) is 7.22. The van der Waals surface area contributed by atoms with Crippen LogP contribution in [-0.2, 0) is 4.79 Å². The lowest BCUT2D eigenvalue weighted by molar-refractivity contribution is -0.384. The summed E-state index contributed by atoms with van der Waals surface area (Å²) in [7, 11) is 0. The van der Waals surface area contributed by atoms with Gasteiger partial charge in [-0.15, -0.1) is 0 Å². The van der Waals surface area contributed by atoms with E-state index in [0.717, 1.165) is 11.1 Å². The fourth-order valence-corrected chi connectivity index (χ4v) is 2.97. The van der Waals surface area contributed by atoms with Crippen LogP contribution >= 0.6 is 11.6 Å². The third-order valence-electron chi connectivity index (χ3n) is 4.59. The molecule has 10 heteroatoms. The molecule has 0 heterocycles. The van der Waals surface area contributed by atoms with E-state index in [1.807, 2.05) is 13.8 Å². The first-order valence-electron chi connectivity index (χ1n) is 10.0. The molecule has 0 saturated heterocycles. The highest BCUT2D eigenvalue weighted by atomic mass is 35.5. The normalized spacial score (nSPS) is 10.7. The van der Waals surface area contributed by atoms with Crippen molar-refractivity contribution < 1.29 is 24.0 Å². The summed E-state index contributed by atoms with van der Waals surface area (Å²) in [5.74, 6) is -0.256. The van der Waals surface area contributed by atoms with Crippen LogP contribution in [0.15, 0.2) is 65.8 Å². The highest BCUT2D eigenvalue weighted by molar-refractivity contribution is 6.32. The molecule has 0 saturated carbocycles. The molecule has 0 spiro atoms. The van der Waals surface area contributed by atoms with Gasteiger partial charge in [0.25, 0.3) is 11.6 Å². The fraction of sp³-hybridized carbons (Fsp3) is 0.125. The van der Waals surface area contributed by atoms with Crippen molar-refractivity contribution in [2.45, 2.75) is 13.8 Å². The maximum absolute atomic E-state index is 12.2. The van der Waals surface area contributed by atoms with E-state index in [1.165, 1.54) is 30.5 Å². The Hall–Kier alpha value is -4.24. The summed E-state index contributed by atoms with van der Waals surface area (Å²) in [6, 6.07) is 15.0. The van der Waals surface area contributed by atoms with Crippen molar-refractivity contribution in [3.8, 4) is 11.5 Å². The van der Waals surface area contributed by atoms with E-state index in [1.54, 1.807) is 36.4 Å². The Balaban J connectivity index is 1.48. The lowest BCUT2D eigenvalue weighted by atomic mass is 10.1. The monoisotopic (exact) mass is 481 g/mol. The van der Waals surface area contributed by atoms with Crippen LogP contribution < -0.4 is 14.9 Å². The molecule has 0 radical (unpaired) electrons. The predicted octanol–water partition coefficient (Wildman–Crippen LogP) is 4.61. The first kappa shape index (κ1) is 24.4. The van der Waals surface area contributed by atoms with E-state index in [4.69, 9.17) is 21.1 Å². The van der Waals surface area contributed by atoms with Gasteiger partial charge >= 0.3 is 5.97 Å². The van der Waals surface area contributed by atoms with E-state index in [-0.39, 0.29) is 23.6 Å². The molecule has 0 aliphatic heterocycles. The summed E-state index contributed by atoms with van der Waals surface area (Å²) in [5.41, 5.74) is 4.81. The van der Waals surface area contributed by atoms with Crippen LogP contribution in [0.4, 0.5) is 5.69 Å². The number of benzene rings is 3. The Labute approximate surface area is 200 Å². The number of aryl methyl sites for hydroxylation is 2. The van der Waals surface area contributed by atoms with Crippen molar-refractivity contribution in [2.24, 2.45) is 5.10 Å². The number of ether oxygens (including phenoxy) is 2. The number of hydrazone groups is 1. The van der Waals surface area contributed by atoms with E-state index in [9.17, 15) is 19.7 Å². The van der Waals surface area contributed by atoms with Crippen molar-refractivity contribution in [3.63, 3.8) is 0 Å². The van der Waals surface area contributed by atoms with Gasteiger partial charge in [0.2, 0.25) is 0 Å². The average Bonchev–Trinajstić information content (AvgIpc) is 2.82. The summed E-state index contributed by atoms with van der Waals surface area (Å²) in [6.45, 7) is 3.50. The molecule has 0 atom stereocenters. The van der Waals surface area contributed by atoms with Gasteiger partial charge in [-0.3, -0.25) is 14.9 Å². The number of halogens is 1. The smallest absolute Gasteiger partial charge is 0.343 e. The molecule has 174 valence electrons. The molecule has 0 fully saturated rings. The van der Waals surface area contributed by atoms with Crippen molar-refractivity contribution >= 4 is 35.4 Å². The molecule has 3 rings (SSSR count). The second-order valence-corrected chi connectivity index (χ2v) is 7.59. The summed E-state index contributed by atoms with van der Waals surface area (Å²) >= 11 is 6.12. The Kier molecular flexibility index (Phi) is 7.94. The fourth-order valence-electron chi connectivity index (χ4n) is 2.86. The van der Waals surface area contributed by atoms with Crippen molar-refractivity contribution in [1.82, 2.24) is 5.43 Å². The topological polar surface area (TPSA) is 120 Å². The highest BCUT2D eigenvalue weighted by Crippen LogP contribution is 2.25. The first-order valence-corrected chi connectivity index (χ1v) is 10.4. The first-order chi connectivity index (χ1) is 16.2. The highest BCUT2D eigenvalue weighted by Gasteiger charge is 2.11. The molecule has 3 aromatic carbocycles. The molecule has 9 nitrogen and oxygen atoms in total. The second kappa shape index (κ2) is 11.1. The minimum atomic E-state index is -0.644. The molecule has 0 aliphatic rings. The zero-order valence-electron chi connectivity index (χ0n) is 18.3. The number of nitrogens with one attached hydrogen (secondary N) is 1. The number of nitrogens with zero attached hydrogens (tertiary/aromatic N) is 2. The van der Waals surface area contributed by atoms with Gasteiger partial charge in [0, 0.05) is 17.2 Å². The van der Waals surface area contributed by atoms with Gasteiger partial charge in [-0.25, -0.2) is 10.2 Å². The summed E-state index contributed by atoms with van der Waals surface area (Å²) in [5, 5.41) is 15.2. The zero-order chi connectivity index (χ0) is 24.7. The molecule has 1 amide bonds. The number of carbonyl (C=O) groups excluding carboxylic acids is 2. The maximum Gasteiger partial charge on any atom is 0.343 e. The Morgan fingerprint density at radius 3 is 2.24 bits per heavy atom. The number of nitro benzene ring substituents is 1. The summed E-state index contributed by atoms with van der Waals surface area (Å²) in [4.78, 5) is 34.2. The van der Waals surface area contributed by atoms with Gasteiger partial charge in [-0.05, 0) is 79.1 Å². The van der Waals surface area contributed by atoms with E-state index in [2.05, 4.69) is 10.5 Å². The minimum Gasteiger partial charge on any atom is -0.484 e. The van der Waals surface area contributed by atoms with Gasteiger partial charge in [0.05, 0.1) is 16.7 Å². The number of hydrogen-bond acceptors (Lipinski definition) is 7. The maximum atomic E-state index is 12.2. The molecular formula is C24H20ClN3O6. The SMILES string of the molecule is Cc1cc(OCC(=O)NN=Cc2ccc(OC(=O)c3ccc([N+](=O)[O-])cc3)cc2)cc(C)c1Cl. The number of non-ortho nitro benzene ring substituents is 1. The molecule has 0 aromatic heterocycles. The Bertz CT molecular complexity index is 1220. The number of amides is 1. The Morgan fingerprint density at radius 1 is 1.03 bits per heavy atom. The van der Waals surface area contributed by atoms with Crippen LogP contribution in [0.25, 0.3) is 0 Å². The van der Waals surface area contributed by atoms with Crippen LogP contribution in [0, 0.1) is 24.0 Å². The Morgan fingerprint density at radius 2 is 1.65 bits per heavy atom. The van der Waals surface area contributed by atoms with Gasteiger partial charge in [0.1, 0.15) is 11.5 Å². The third kappa shape index (κ3) is 6.63. The number of esters is 1. The largest absolute Gasteiger partial charge is 0.484 e. The van der Waals surface area contributed by atoms with E-state index < -0.39 is 16.8 Å². The summed E-state index contributed by atoms with van der Waals surface area (Å²) in [6.07, 6.45) is 1.43. The van der Waals surface area contributed by atoms with Crippen LogP contribution in [0.1, 0.15) is 27.0 Å². The molecule has 0 aliphatic carbocycles. The van der Waals surface area contributed by atoms with Gasteiger partial charge in [0.15, 0.2) is 6.61 Å². The molecule has 0 unspecified atom stereocenters. The quantitative estimate of drug-likeness (QED) is 0.165. The molecule has 3 aromatic rings. The minimum absolute atomic E-state index is 0.117. The predicted molar refractivity (Wildman–Crippen MR) is 127 cm³/mol. The average molecular weight is 482 g/mol. The molecular weight excluding hydrogens is 462 g/mol. The van der Waals surface area contributed by atoms with Gasteiger partial charge in [-0.1, -0.05) is 11.6 Å². The van der Waals surface area contributed by atoms with Crippen molar-refractivity contribution in [1.29, 1.82) is 0 Å². The molecule has 1 N–H and O–H groups in total. The number of hydrogen-bond donors (Lipinski definition) is 1. The lowest BCUT2D eigenvalue weighted by Gasteiger charge is -2.09. The number of carbonyl (C=O) groups is 2. The standard InChI is InChI=1S/C24H20ClN3O6/c1-15-11-21(12-16(2)23(15)25)33-14-22(29)27-26-13-17-3-9-20(10-4-17)34-24(30)18-5-7-19(8-6-18)28(31)32/h3-13H,14H2,1-2H3,(H,27,29). The number of rotatable bonds is 8.